The van der Waals surface area contributed by atoms with Crippen molar-refractivity contribution in [2.75, 3.05) is 20.6 Å². The molecule has 0 unspecified atom stereocenters. The van der Waals surface area contributed by atoms with Gasteiger partial charge < -0.3 is 9.72 Å². The van der Waals surface area contributed by atoms with Crippen LogP contribution in [0, 0.1) is 5.82 Å². The van der Waals surface area contributed by atoms with Crippen LogP contribution in [0.5, 0.6) is 0 Å². The molecule has 2 heterocycles. The fourth-order valence-electron chi connectivity index (χ4n) is 2.53. The van der Waals surface area contributed by atoms with Crippen molar-refractivity contribution in [3.05, 3.63) is 65.9 Å². The Labute approximate surface area is 156 Å². The summed E-state index contributed by atoms with van der Waals surface area (Å²) in [5.41, 5.74) is 1.73. The fourth-order valence-corrected chi connectivity index (χ4v) is 3.43. The lowest BCUT2D eigenvalue weighted by atomic mass is 10.2. The van der Waals surface area contributed by atoms with Crippen LogP contribution in [0.3, 0.4) is 0 Å². The molecule has 0 aliphatic rings. The number of fused-ring (bicyclic) bond motifs is 1. The lowest BCUT2D eigenvalue weighted by Crippen LogP contribution is -2.26. The summed E-state index contributed by atoms with van der Waals surface area (Å²) in [7, 11) is -0.628. The number of benzene rings is 1. The zero-order chi connectivity index (χ0) is 19.6. The van der Waals surface area contributed by atoms with Gasteiger partial charge in [-0.1, -0.05) is 0 Å². The van der Waals surface area contributed by atoms with E-state index in [9.17, 15) is 17.6 Å². The van der Waals surface area contributed by atoms with E-state index in [0.29, 0.717) is 24.2 Å². The van der Waals surface area contributed by atoms with Gasteiger partial charge in [0.05, 0.1) is 10.6 Å². The van der Waals surface area contributed by atoms with Crippen LogP contribution in [0.15, 0.2) is 53.7 Å². The monoisotopic (exact) mass is 390 g/mol. The van der Waals surface area contributed by atoms with Crippen molar-refractivity contribution in [3.63, 3.8) is 0 Å². The highest BCUT2D eigenvalue weighted by Gasteiger charge is 2.17. The second-order valence-corrected chi connectivity index (χ2v) is 8.31. The Bertz CT molecular complexity index is 1080. The quantitative estimate of drug-likeness (QED) is 0.694. The Kier molecular flexibility index (Phi) is 5.24. The van der Waals surface area contributed by atoms with Crippen molar-refractivity contribution in [2.45, 2.75) is 11.3 Å². The summed E-state index contributed by atoms with van der Waals surface area (Å²) < 4.78 is 40.0. The van der Waals surface area contributed by atoms with Gasteiger partial charge >= 0.3 is 0 Å². The fraction of sp³-hybridized carbons (Fsp3) is 0.222. The van der Waals surface area contributed by atoms with Crippen molar-refractivity contribution in [1.82, 2.24) is 19.0 Å². The Morgan fingerprint density at radius 3 is 2.52 bits per heavy atom. The minimum Gasteiger partial charge on any atom is -0.352 e. The molecular formula is C18H19FN4O3S. The maximum Gasteiger partial charge on any atom is 0.251 e. The molecular weight excluding hydrogens is 371 g/mol. The Balaban J connectivity index is 1.60. The van der Waals surface area contributed by atoms with Gasteiger partial charge in [-0.25, -0.2) is 22.1 Å². The number of imidazole rings is 1. The second-order valence-electron chi connectivity index (χ2n) is 6.16. The number of aromatic nitrogens is 2. The van der Waals surface area contributed by atoms with Gasteiger partial charge in [-0.2, -0.15) is 0 Å². The molecule has 0 atom stereocenters. The molecule has 0 spiro atoms. The van der Waals surface area contributed by atoms with E-state index < -0.39 is 10.0 Å². The number of sulfonamides is 1. The predicted octanol–water partition coefficient (Wildman–Crippen LogP) is 1.70. The number of hydrogen-bond donors (Lipinski definition) is 1. The van der Waals surface area contributed by atoms with E-state index in [0.717, 1.165) is 10.00 Å². The molecule has 3 rings (SSSR count). The van der Waals surface area contributed by atoms with Crippen molar-refractivity contribution in [1.29, 1.82) is 0 Å². The molecule has 0 saturated heterocycles. The van der Waals surface area contributed by atoms with Crippen LogP contribution in [-0.2, 0) is 16.4 Å². The lowest BCUT2D eigenvalue weighted by molar-refractivity contribution is 0.0954. The minimum absolute atomic E-state index is 0.126. The third kappa shape index (κ3) is 4.15. The molecule has 9 heteroatoms. The van der Waals surface area contributed by atoms with Gasteiger partial charge in [0.15, 0.2) is 0 Å². The number of amides is 1. The van der Waals surface area contributed by atoms with Crippen LogP contribution in [-0.4, -0.2) is 48.7 Å². The molecule has 0 saturated carbocycles. The zero-order valence-electron chi connectivity index (χ0n) is 14.9. The molecule has 0 aliphatic carbocycles. The molecule has 0 radical (unpaired) electrons. The molecule has 1 aromatic carbocycles. The summed E-state index contributed by atoms with van der Waals surface area (Å²) in [6.07, 6.45) is 3.54. The summed E-state index contributed by atoms with van der Waals surface area (Å²) in [6.45, 7) is 0.350. The van der Waals surface area contributed by atoms with Gasteiger partial charge in [-0.15, -0.1) is 0 Å². The Morgan fingerprint density at radius 1 is 1.15 bits per heavy atom. The van der Waals surface area contributed by atoms with Gasteiger partial charge in [-0.3, -0.25) is 4.79 Å². The summed E-state index contributed by atoms with van der Waals surface area (Å²) >= 11 is 0. The van der Waals surface area contributed by atoms with Crippen molar-refractivity contribution < 1.29 is 17.6 Å². The number of carbonyl (C=O) groups is 1. The van der Waals surface area contributed by atoms with Crippen LogP contribution in [0.1, 0.15) is 16.1 Å². The molecule has 142 valence electrons. The van der Waals surface area contributed by atoms with E-state index in [-0.39, 0.29) is 16.6 Å². The number of carbonyl (C=O) groups excluding carboxylic acids is 1. The van der Waals surface area contributed by atoms with Gasteiger partial charge in [0, 0.05) is 45.0 Å². The minimum atomic E-state index is -3.52. The van der Waals surface area contributed by atoms with Crippen molar-refractivity contribution in [2.24, 2.45) is 0 Å². The van der Waals surface area contributed by atoms with Crippen molar-refractivity contribution >= 4 is 21.6 Å². The maximum absolute atomic E-state index is 13.2. The molecule has 0 fully saturated rings. The van der Waals surface area contributed by atoms with E-state index in [4.69, 9.17) is 0 Å². The predicted molar refractivity (Wildman–Crippen MR) is 98.5 cm³/mol. The molecule has 2 aromatic heterocycles. The Morgan fingerprint density at radius 2 is 1.85 bits per heavy atom. The molecule has 3 aromatic rings. The first kappa shape index (κ1) is 19.0. The molecule has 1 amide bonds. The number of halogens is 1. The number of rotatable bonds is 6. The topological polar surface area (TPSA) is 83.8 Å². The van der Waals surface area contributed by atoms with E-state index in [1.54, 1.807) is 16.7 Å². The zero-order valence-corrected chi connectivity index (χ0v) is 15.7. The van der Waals surface area contributed by atoms with E-state index in [1.165, 1.54) is 50.6 Å². The summed E-state index contributed by atoms with van der Waals surface area (Å²) in [5, 5.41) is 2.76. The lowest BCUT2D eigenvalue weighted by Gasteiger charge is -2.11. The number of hydrogen-bond acceptors (Lipinski definition) is 4. The molecule has 0 bridgehead atoms. The standard InChI is InChI=1S/C18H19FN4O3S/c1-22(2)27(25,26)16-6-3-13(4-7-16)18(24)20-10-9-15-12-23-11-14(19)5-8-17(23)21-15/h3-8,11-12H,9-10H2,1-2H3,(H,20,24). The third-order valence-electron chi connectivity index (χ3n) is 4.03. The summed E-state index contributed by atoms with van der Waals surface area (Å²) in [6, 6.07) is 8.68. The normalized spacial score (nSPS) is 11.9. The molecule has 7 nitrogen and oxygen atoms in total. The third-order valence-corrected chi connectivity index (χ3v) is 5.86. The van der Waals surface area contributed by atoms with Gasteiger partial charge in [-0.05, 0) is 36.4 Å². The second kappa shape index (κ2) is 7.45. The average Bonchev–Trinajstić information content (AvgIpc) is 3.03. The van der Waals surface area contributed by atoms with Crippen molar-refractivity contribution in [3.8, 4) is 0 Å². The number of pyridine rings is 1. The number of nitrogens with one attached hydrogen (secondary N) is 1. The van der Waals surface area contributed by atoms with Crippen LogP contribution in [0.25, 0.3) is 5.65 Å². The molecule has 0 aliphatic heterocycles. The summed E-state index contributed by atoms with van der Waals surface area (Å²) in [5.74, 6) is -0.655. The van der Waals surface area contributed by atoms with E-state index in [2.05, 4.69) is 10.3 Å². The molecule has 27 heavy (non-hydrogen) atoms. The highest BCUT2D eigenvalue weighted by atomic mass is 32.2. The first-order valence-electron chi connectivity index (χ1n) is 8.21. The first-order valence-corrected chi connectivity index (χ1v) is 9.65. The first-order chi connectivity index (χ1) is 12.8. The van der Waals surface area contributed by atoms with Gasteiger partial charge in [0.2, 0.25) is 10.0 Å². The average molecular weight is 390 g/mol. The SMILES string of the molecule is CN(C)S(=O)(=O)c1ccc(C(=O)NCCc2cn3cc(F)ccc3n2)cc1. The highest BCUT2D eigenvalue weighted by molar-refractivity contribution is 7.89. The summed E-state index contributed by atoms with van der Waals surface area (Å²) in [4.78, 5) is 16.7. The van der Waals surface area contributed by atoms with Crippen LogP contribution in [0.4, 0.5) is 4.39 Å². The molecule has 1 N–H and O–H groups in total. The van der Waals surface area contributed by atoms with E-state index in [1.807, 2.05) is 0 Å². The van der Waals surface area contributed by atoms with Gasteiger partial charge in [0.25, 0.3) is 5.91 Å². The Hall–Kier alpha value is -2.78. The van der Waals surface area contributed by atoms with E-state index >= 15 is 0 Å². The maximum atomic E-state index is 13.2. The van der Waals surface area contributed by atoms with Gasteiger partial charge in [0.1, 0.15) is 11.5 Å². The van der Waals surface area contributed by atoms with Crippen LogP contribution >= 0.6 is 0 Å². The smallest absolute Gasteiger partial charge is 0.251 e. The van der Waals surface area contributed by atoms with Crippen LogP contribution in [0.2, 0.25) is 0 Å². The number of nitrogens with zero attached hydrogens (tertiary/aromatic N) is 3. The largest absolute Gasteiger partial charge is 0.352 e. The highest BCUT2D eigenvalue weighted by Crippen LogP contribution is 2.14. The van der Waals surface area contributed by atoms with Crippen LogP contribution < -0.4 is 5.32 Å².